The van der Waals surface area contributed by atoms with Crippen molar-refractivity contribution in [1.29, 1.82) is 0 Å². The summed E-state index contributed by atoms with van der Waals surface area (Å²) in [4.78, 5) is 4.19. The molecule has 2 aromatic rings. The van der Waals surface area contributed by atoms with Gasteiger partial charge in [0.15, 0.2) is 5.96 Å². The average Bonchev–Trinajstić information content (AvgIpc) is 3.08. The quantitative estimate of drug-likeness (QED) is 0.283. The summed E-state index contributed by atoms with van der Waals surface area (Å²) in [6.45, 7) is 2.54. The van der Waals surface area contributed by atoms with Gasteiger partial charge in [-0.15, -0.1) is 34.2 Å². The van der Waals surface area contributed by atoms with E-state index in [1.807, 2.05) is 4.57 Å². The number of rotatable bonds is 8. The van der Waals surface area contributed by atoms with Crippen molar-refractivity contribution in [2.75, 3.05) is 20.1 Å². The molecule has 1 heterocycles. The predicted octanol–water partition coefficient (Wildman–Crippen LogP) is 2.22. The fraction of sp³-hybridized carbons (Fsp3) is 0.438. The second-order valence-electron chi connectivity index (χ2n) is 5.21. The molecule has 0 aliphatic heterocycles. The minimum Gasteiger partial charge on any atom is -0.356 e. The second kappa shape index (κ2) is 11.8. The molecule has 1 aromatic carbocycles. The van der Waals surface area contributed by atoms with Gasteiger partial charge in [-0.3, -0.25) is 4.99 Å². The van der Waals surface area contributed by atoms with Gasteiger partial charge in [-0.2, -0.15) is 0 Å². The molecule has 0 bridgehead atoms. The first-order valence-electron chi connectivity index (χ1n) is 7.79. The maximum absolute atomic E-state index is 12.8. The lowest BCUT2D eigenvalue weighted by Crippen LogP contribution is -2.38. The van der Waals surface area contributed by atoms with Crippen LogP contribution in [-0.4, -0.2) is 40.9 Å². The van der Waals surface area contributed by atoms with Crippen LogP contribution in [0.5, 0.6) is 0 Å². The number of hydrogen-bond donors (Lipinski definition) is 2. The van der Waals surface area contributed by atoms with Crippen LogP contribution in [0.2, 0.25) is 0 Å². The first-order valence-corrected chi connectivity index (χ1v) is 7.79. The molecule has 0 unspecified atom stereocenters. The normalized spacial score (nSPS) is 11.0. The number of nitrogens with zero attached hydrogens (tertiary/aromatic N) is 4. The highest BCUT2D eigenvalue weighted by molar-refractivity contribution is 14.0. The summed E-state index contributed by atoms with van der Waals surface area (Å²) in [5, 5.41) is 14.1. The number of aryl methyl sites for hydroxylation is 1. The van der Waals surface area contributed by atoms with Crippen molar-refractivity contribution in [3.05, 3.63) is 48.3 Å². The van der Waals surface area contributed by atoms with E-state index >= 15 is 0 Å². The van der Waals surface area contributed by atoms with Crippen molar-refractivity contribution in [3.63, 3.8) is 0 Å². The average molecular weight is 446 g/mol. The number of unbranched alkanes of at least 4 members (excludes halogenated alkanes) is 1. The summed E-state index contributed by atoms with van der Waals surface area (Å²) in [7, 11) is 1.75. The van der Waals surface area contributed by atoms with Crippen molar-refractivity contribution in [1.82, 2.24) is 25.4 Å². The zero-order valence-electron chi connectivity index (χ0n) is 13.8. The first kappa shape index (κ1) is 20.3. The number of halogens is 2. The van der Waals surface area contributed by atoms with Gasteiger partial charge in [-0.1, -0.05) is 12.1 Å². The van der Waals surface area contributed by atoms with Crippen molar-refractivity contribution in [2.45, 2.75) is 25.8 Å². The van der Waals surface area contributed by atoms with Gasteiger partial charge in [-0.25, -0.2) is 4.39 Å². The van der Waals surface area contributed by atoms with Crippen LogP contribution in [-0.2, 0) is 13.0 Å². The zero-order valence-corrected chi connectivity index (χ0v) is 16.1. The van der Waals surface area contributed by atoms with Crippen LogP contribution in [0.25, 0.3) is 0 Å². The van der Waals surface area contributed by atoms with Gasteiger partial charge >= 0.3 is 0 Å². The lowest BCUT2D eigenvalue weighted by atomic mass is 10.1. The third-order valence-electron chi connectivity index (χ3n) is 3.45. The molecular weight excluding hydrogens is 422 g/mol. The van der Waals surface area contributed by atoms with E-state index in [9.17, 15) is 4.39 Å². The van der Waals surface area contributed by atoms with Gasteiger partial charge in [0.05, 0.1) is 0 Å². The minimum absolute atomic E-state index is 0. The summed E-state index contributed by atoms with van der Waals surface area (Å²) in [6.07, 6.45) is 6.37. The number of benzene rings is 1. The van der Waals surface area contributed by atoms with Crippen LogP contribution < -0.4 is 10.6 Å². The second-order valence-corrected chi connectivity index (χ2v) is 5.21. The number of guanidine groups is 1. The molecule has 0 aliphatic rings. The number of aromatic nitrogens is 3. The Balaban J connectivity index is 0.00000288. The summed E-state index contributed by atoms with van der Waals surface area (Å²) in [6, 6.07) is 6.58. The van der Waals surface area contributed by atoms with Crippen LogP contribution in [0.1, 0.15) is 18.4 Å². The highest BCUT2D eigenvalue weighted by Crippen LogP contribution is 2.02. The Bertz CT molecular complexity index is 585. The topological polar surface area (TPSA) is 67.1 Å². The Morgan fingerprint density at radius 3 is 2.42 bits per heavy atom. The molecular formula is C16H24FIN6. The Morgan fingerprint density at radius 1 is 1.08 bits per heavy atom. The largest absolute Gasteiger partial charge is 0.356 e. The molecule has 0 aliphatic carbocycles. The van der Waals surface area contributed by atoms with Crippen LogP contribution in [0.3, 0.4) is 0 Å². The van der Waals surface area contributed by atoms with Crippen molar-refractivity contribution >= 4 is 29.9 Å². The molecule has 0 fully saturated rings. The van der Waals surface area contributed by atoms with Gasteiger partial charge in [0.25, 0.3) is 0 Å². The van der Waals surface area contributed by atoms with Gasteiger partial charge < -0.3 is 15.2 Å². The van der Waals surface area contributed by atoms with Crippen molar-refractivity contribution in [3.8, 4) is 0 Å². The fourth-order valence-corrected chi connectivity index (χ4v) is 2.16. The van der Waals surface area contributed by atoms with Crippen LogP contribution in [0, 0.1) is 5.82 Å². The van der Waals surface area contributed by atoms with E-state index < -0.39 is 0 Å². The Hall–Kier alpha value is -1.71. The van der Waals surface area contributed by atoms with E-state index in [4.69, 9.17) is 0 Å². The molecule has 24 heavy (non-hydrogen) atoms. The van der Waals surface area contributed by atoms with E-state index in [2.05, 4.69) is 25.8 Å². The van der Waals surface area contributed by atoms with E-state index in [1.165, 1.54) is 12.1 Å². The zero-order chi connectivity index (χ0) is 16.3. The van der Waals surface area contributed by atoms with Gasteiger partial charge in [-0.05, 0) is 37.0 Å². The third kappa shape index (κ3) is 7.71. The smallest absolute Gasteiger partial charge is 0.190 e. The Morgan fingerprint density at radius 2 is 1.75 bits per heavy atom. The van der Waals surface area contributed by atoms with Crippen LogP contribution >= 0.6 is 24.0 Å². The van der Waals surface area contributed by atoms with Crippen molar-refractivity contribution in [2.24, 2.45) is 4.99 Å². The molecule has 132 valence electrons. The summed E-state index contributed by atoms with van der Waals surface area (Å²) < 4.78 is 14.8. The molecule has 0 radical (unpaired) electrons. The molecule has 2 N–H and O–H groups in total. The van der Waals surface area contributed by atoms with E-state index in [1.54, 1.807) is 31.8 Å². The van der Waals surface area contributed by atoms with Gasteiger partial charge in [0, 0.05) is 26.7 Å². The molecule has 0 spiro atoms. The molecule has 0 atom stereocenters. The molecule has 0 saturated carbocycles. The standard InChI is InChI=1S/C16H23FN6.HI/c1-18-16(19-9-2-3-11-23-12-21-22-13-23)20-10-8-14-4-6-15(17)7-5-14;/h4-7,12-13H,2-3,8-11H2,1H3,(H2,18,19,20);1H. The van der Waals surface area contributed by atoms with Crippen molar-refractivity contribution < 1.29 is 4.39 Å². The maximum atomic E-state index is 12.8. The maximum Gasteiger partial charge on any atom is 0.190 e. The predicted molar refractivity (Wildman–Crippen MR) is 104 cm³/mol. The lowest BCUT2D eigenvalue weighted by Gasteiger charge is -2.12. The molecule has 2 rings (SSSR count). The van der Waals surface area contributed by atoms with Crippen LogP contribution in [0.15, 0.2) is 41.9 Å². The molecule has 1 aromatic heterocycles. The number of nitrogens with one attached hydrogen (secondary N) is 2. The summed E-state index contributed by atoms with van der Waals surface area (Å²) >= 11 is 0. The summed E-state index contributed by atoms with van der Waals surface area (Å²) in [5.74, 6) is 0.585. The molecule has 8 heteroatoms. The summed E-state index contributed by atoms with van der Waals surface area (Å²) in [5.41, 5.74) is 1.10. The minimum atomic E-state index is -0.203. The fourth-order valence-electron chi connectivity index (χ4n) is 2.16. The Kier molecular flexibility index (Phi) is 9.97. The SMILES string of the molecule is CN=C(NCCCCn1cnnc1)NCCc1ccc(F)cc1.I. The molecule has 0 amide bonds. The van der Waals surface area contributed by atoms with E-state index in [0.717, 1.165) is 50.4 Å². The number of hydrogen-bond acceptors (Lipinski definition) is 3. The van der Waals surface area contributed by atoms with Gasteiger partial charge in [0.1, 0.15) is 18.5 Å². The van der Waals surface area contributed by atoms with Gasteiger partial charge in [0.2, 0.25) is 0 Å². The lowest BCUT2D eigenvalue weighted by molar-refractivity contribution is 0.597. The molecule has 6 nitrogen and oxygen atoms in total. The van der Waals surface area contributed by atoms with E-state index in [-0.39, 0.29) is 29.8 Å². The molecule has 0 saturated heterocycles. The first-order chi connectivity index (χ1) is 11.3. The Labute approximate surface area is 159 Å². The number of aliphatic imine (C=N–C) groups is 1. The van der Waals surface area contributed by atoms with Crippen LogP contribution in [0.4, 0.5) is 4.39 Å². The monoisotopic (exact) mass is 446 g/mol. The highest BCUT2D eigenvalue weighted by atomic mass is 127. The third-order valence-corrected chi connectivity index (χ3v) is 3.45. The highest BCUT2D eigenvalue weighted by Gasteiger charge is 1.99. The van der Waals surface area contributed by atoms with E-state index in [0.29, 0.717) is 0 Å².